The maximum absolute atomic E-state index is 12.6. The molecule has 30 heavy (non-hydrogen) atoms. The summed E-state index contributed by atoms with van der Waals surface area (Å²) in [6.45, 7) is 5.45. The van der Waals surface area contributed by atoms with Crippen LogP contribution in [0.5, 0.6) is 5.75 Å². The van der Waals surface area contributed by atoms with Crippen LogP contribution in [-0.2, 0) is 9.59 Å². The molecule has 5 nitrogen and oxygen atoms in total. The van der Waals surface area contributed by atoms with Crippen molar-refractivity contribution < 1.29 is 14.3 Å². The number of rotatable bonds is 8. The number of nitrogens with zero attached hydrogens (tertiary/aromatic N) is 2. The highest BCUT2D eigenvalue weighted by Gasteiger charge is 2.23. The van der Waals surface area contributed by atoms with Gasteiger partial charge in [-0.1, -0.05) is 50.3 Å². The summed E-state index contributed by atoms with van der Waals surface area (Å²) in [5.41, 5.74) is 1.12. The number of carbonyl (C=O) groups is 2. The smallest absolute Gasteiger partial charge is 0.222 e. The van der Waals surface area contributed by atoms with Gasteiger partial charge >= 0.3 is 0 Å². The van der Waals surface area contributed by atoms with Gasteiger partial charge in [-0.05, 0) is 43.7 Å². The maximum Gasteiger partial charge on any atom is 0.222 e. The summed E-state index contributed by atoms with van der Waals surface area (Å²) in [5.74, 6) is 2.10. The Bertz CT molecular complexity index is 685. The first-order valence-corrected chi connectivity index (χ1v) is 11.9. The SMILES string of the molecule is Cc1ccccc1OCCCC(=O)N1CCCN(C(=O)CCC2CCCCC2)CC1. The molecule has 5 heteroatoms. The molecule has 1 saturated carbocycles. The molecule has 2 fully saturated rings. The van der Waals surface area contributed by atoms with Crippen molar-refractivity contribution in [3.05, 3.63) is 29.8 Å². The number of carbonyl (C=O) groups excluding carboxylic acids is 2. The van der Waals surface area contributed by atoms with Gasteiger partial charge in [-0.25, -0.2) is 0 Å². The fourth-order valence-corrected chi connectivity index (χ4v) is 4.66. The molecule has 0 bridgehead atoms. The van der Waals surface area contributed by atoms with Crippen LogP contribution in [0.2, 0.25) is 0 Å². The lowest BCUT2D eigenvalue weighted by Crippen LogP contribution is -2.37. The van der Waals surface area contributed by atoms with Crippen LogP contribution in [0.3, 0.4) is 0 Å². The van der Waals surface area contributed by atoms with E-state index in [2.05, 4.69) is 0 Å². The lowest BCUT2D eigenvalue weighted by atomic mass is 9.86. The molecule has 1 aromatic carbocycles. The summed E-state index contributed by atoms with van der Waals surface area (Å²) < 4.78 is 5.80. The molecule has 1 aromatic rings. The van der Waals surface area contributed by atoms with Gasteiger partial charge in [0.25, 0.3) is 0 Å². The second-order valence-electron chi connectivity index (χ2n) is 8.88. The molecule has 0 aromatic heterocycles. The number of aryl methyl sites for hydroxylation is 1. The Morgan fingerprint density at radius 1 is 0.900 bits per heavy atom. The number of amides is 2. The van der Waals surface area contributed by atoms with Crippen molar-refractivity contribution in [2.75, 3.05) is 32.8 Å². The lowest BCUT2D eigenvalue weighted by Gasteiger charge is -2.24. The van der Waals surface area contributed by atoms with Crippen LogP contribution in [0, 0.1) is 12.8 Å². The van der Waals surface area contributed by atoms with E-state index < -0.39 is 0 Å². The van der Waals surface area contributed by atoms with E-state index in [1.807, 2.05) is 41.0 Å². The molecule has 3 rings (SSSR count). The Balaban J connectivity index is 1.34. The van der Waals surface area contributed by atoms with Crippen molar-refractivity contribution in [1.29, 1.82) is 0 Å². The van der Waals surface area contributed by atoms with Crippen LogP contribution in [0.25, 0.3) is 0 Å². The average Bonchev–Trinajstić information content (AvgIpc) is 3.03. The zero-order valence-corrected chi connectivity index (χ0v) is 18.6. The van der Waals surface area contributed by atoms with Crippen LogP contribution < -0.4 is 4.74 Å². The van der Waals surface area contributed by atoms with E-state index in [-0.39, 0.29) is 11.8 Å². The molecule has 1 saturated heterocycles. The summed E-state index contributed by atoms with van der Waals surface area (Å²) in [6, 6.07) is 7.95. The summed E-state index contributed by atoms with van der Waals surface area (Å²) in [7, 11) is 0. The zero-order valence-electron chi connectivity index (χ0n) is 18.6. The number of para-hydroxylation sites is 1. The molecule has 166 valence electrons. The minimum absolute atomic E-state index is 0.180. The van der Waals surface area contributed by atoms with Gasteiger partial charge in [0.2, 0.25) is 11.8 Å². The fourth-order valence-electron chi connectivity index (χ4n) is 4.66. The molecule has 2 amide bonds. The standard InChI is InChI=1S/C25H38N2O3/c1-21-9-5-6-12-23(21)30-20-7-13-24(28)26-16-8-17-27(19-18-26)25(29)15-14-22-10-3-2-4-11-22/h5-6,9,12,22H,2-4,7-8,10-11,13-20H2,1H3. The van der Waals surface area contributed by atoms with Crippen LogP contribution in [0.1, 0.15) is 69.8 Å². The first kappa shape index (κ1) is 22.6. The maximum atomic E-state index is 12.6. The molecule has 0 N–H and O–H groups in total. The Morgan fingerprint density at radius 2 is 1.57 bits per heavy atom. The van der Waals surface area contributed by atoms with Crippen molar-refractivity contribution in [1.82, 2.24) is 9.80 Å². The van der Waals surface area contributed by atoms with E-state index in [0.29, 0.717) is 39.0 Å². The summed E-state index contributed by atoms with van der Waals surface area (Å²) in [5, 5.41) is 0. The third-order valence-corrected chi connectivity index (χ3v) is 6.58. The van der Waals surface area contributed by atoms with Crippen molar-refractivity contribution in [2.24, 2.45) is 5.92 Å². The average molecular weight is 415 g/mol. The van der Waals surface area contributed by atoms with Crippen molar-refractivity contribution in [3.63, 3.8) is 0 Å². The van der Waals surface area contributed by atoms with E-state index in [0.717, 1.165) is 43.2 Å². The summed E-state index contributed by atoms with van der Waals surface area (Å²) >= 11 is 0. The van der Waals surface area contributed by atoms with E-state index in [1.54, 1.807) is 0 Å². The molecule has 1 aliphatic carbocycles. The van der Waals surface area contributed by atoms with Gasteiger partial charge in [-0.3, -0.25) is 9.59 Å². The number of benzene rings is 1. The molecule has 0 atom stereocenters. The van der Waals surface area contributed by atoms with Gasteiger partial charge in [0.1, 0.15) is 5.75 Å². The fraction of sp³-hybridized carbons (Fsp3) is 0.680. The molecule has 0 spiro atoms. The minimum atomic E-state index is 0.180. The molecule has 2 aliphatic rings. The molecule has 0 radical (unpaired) electrons. The number of hydrogen-bond donors (Lipinski definition) is 0. The summed E-state index contributed by atoms with van der Waals surface area (Å²) in [4.78, 5) is 29.2. The largest absolute Gasteiger partial charge is 0.493 e. The van der Waals surface area contributed by atoms with E-state index in [1.165, 1.54) is 32.1 Å². The normalized spacial score (nSPS) is 18.2. The summed E-state index contributed by atoms with van der Waals surface area (Å²) in [6.07, 6.45) is 10.4. The molecular formula is C25H38N2O3. The van der Waals surface area contributed by atoms with Crippen LogP contribution in [0.4, 0.5) is 0 Å². The molecule has 1 aliphatic heterocycles. The minimum Gasteiger partial charge on any atom is -0.493 e. The molecule has 0 unspecified atom stereocenters. The molecule has 1 heterocycles. The Hall–Kier alpha value is -2.04. The Morgan fingerprint density at radius 3 is 2.27 bits per heavy atom. The first-order chi connectivity index (χ1) is 14.6. The van der Waals surface area contributed by atoms with Crippen molar-refractivity contribution in [2.45, 2.75) is 71.1 Å². The van der Waals surface area contributed by atoms with Gasteiger partial charge in [-0.15, -0.1) is 0 Å². The van der Waals surface area contributed by atoms with E-state index in [9.17, 15) is 9.59 Å². The monoisotopic (exact) mass is 414 g/mol. The third-order valence-electron chi connectivity index (χ3n) is 6.58. The van der Waals surface area contributed by atoms with Crippen molar-refractivity contribution in [3.8, 4) is 5.75 Å². The highest BCUT2D eigenvalue weighted by Crippen LogP contribution is 2.27. The van der Waals surface area contributed by atoms with E-state index in [4.69, 9.17) is 4.74 Å². The van der Waals surface area contributed by atoms with Crippen LogP contribution >= 0.6 is 0 Å². The van der Waals surface area contributed by atoms with Gasteiger partial charge in [-0.2, -0.15) is 0 Å². The van der Waals surface area contributed by atoms with Crippen molar-refractivity contribution >= 4 is 11.8 Å². The quantitative estimate of drug-likeness (QED) is 0.585. The number of hydrogen-bond acceptors (Lipinski definition) is 3. The van der Waals surface area contributed by atoms with Crippen LogP contribution in [0.15, 0.2) is 24.3 Å². The first-order valence-electron chi connectivity index (χ1n) is 11.9. The topological polar surface area (TPSA) is 49.9 Å². The Labute approximate surface area is 181 Å². The van der Waals surface area contributed by atoms with Gasteiger partial charge < -0.3 is 14.5 Å². The predicted molar refractivity (Wildman–Crippen MR) is 119 cm³/mol. The third kappa shape index (κ3) is 7.03. The van der Waals surface area contributed by atoms with E-state index >= 15 is 0 Å². The zero-order chi connectivity index (χ0) is 21.2. The second kappa shape index (κ2) is 12.0. The van der Waals surface area contributed by atoms with Gasteiger partial charge in [0, 0.05) is 39.0 Å². The second-order valence-corrected chi connectivity index (χ2v) is 8.88. The van der Waals surface area contributed by atoms with Gasteiger partial charge in [0.15, 0.2) is 0 Å². The Kier molecular flexibility index (Phi) is 9.03. The number of ether oxygens (including phenoxy) is 1. The molecular weight excluding hydrogens is 376 g/mol. The lowest BCUT2D eigenvalue weighted by molar-refractivity contribution is -0.133. The highest BCUT2D eigenvalue weighted by atomic mass is 16.5. The van der Waals surface area contributed by atoms with Gasteiger partial charge in [0.05, 0.1) is 6.61 Å². The highest BCUT2D eigenvalue weighted by molar-refractivity contribution is 5.77. The predicted octanol–water partition coefficient (Wildman–Crippen LogP) is 4.58. The van der Waals surface area contributed by atoms with Crippen LogP contribution in [-0.4, -0.2) is 54.4 Å².